The predicted octanol–water partition coefficient (Wildman–Crippen LogP) is 4.07. The zero-order valence-electron chi connectivity index (χ0n) is 12.6. The molecule has 0 saturated heterocycles. The smallest absolute Gasteiger partial charge is 0.224 e. The van der Waals surface area contributed by atoms with Crippen LogP contribution in [-0.2, 0) is 11.2 Å². The van der Waals surface area contributed by atoms with Crippen LogP contribution < -0.4 is 5.32 Å². The van der Waals surface area contributed by atoms with Crippen molar-refractivity contribution >= 4 is 34.6 Å². The van der Waals surface area contributed by atoms with Gasteiger partial charge in [-0.15, -0.1) is 11.3 Å². The van der Waals surface area contributed by atoms with E-state index in [1.807, 2.05) is 29.6 Å². The van der Waals surface area contributed by atoms with E-state index in [0.717, 1.165) is 11.1 Å². The maximum absolute atomic E-state index is 12.0. The number of carbonyl (C=O) groups is 2. The first-order valence-electron chi connectivity index (χ1n) is 7.06. The van der Waals surface area contributed by atoms with Crippen molar-refractivity contribution in [1.82, 2.24) is 5.32 Å². The van der Waals surface area contributed by atoms with Crippen molar-refractivity contribution in [2.75, 3.05) is 6.54 Å². The molecule has 0 aliphatic carbocycles. The summed E-state index contributed by atoms with van der Waals surface area (Å²) >= 11 is 7.25. The Morgan fingerprint density at radius 1 is 1.27 bits per heavy atom. The van der Waals surface area contributed by atoms with E-state index in [1.165, 1.54) is 18.3 Å². The van der Waals surface area contributed by atoms with Crippen LogP contribution >= 0.6 is 22.9 Å². The number of benzene rings is 1. The van der Waals surface area contributed by atoms with E-state index < -0.39 is 0 Å². The average molecular weight is 336 g/mol. The summed E-state index contributed by atoms with van der Waals surface area (Å²) in [5.74, 6) is 0.221. The van der Waals surface area contributed by atoms with Gasteiger partial charge in [0.2, 0.25) is 5.91 Å². The molecule has 0 aliphatic heterocycles. The van der Waals surface area contributed by atoms with Gasteiger partial charge in [0.15, 0.2) is 5.78 Å². The van der Waals surface area contributed by atoms with E-state index in [9.17, 15) is 9.59 Å². The minimum atomic E-state index is -0.0336. The number of hydrogen-bond donors (Lipinski definition) is 1. The Kier molecular flexibility index (Phi) is 5.75. The molecule has 0 fully saturated rings. The fourth-order valence-corrected chi connectivity index (χ4v) is 3.02. The second kappa shape index (κ2) is 7.56. The highest BCUT2D eigenvalue weighted by molar-refractivity contribution is 7.12. The third-order valence-corrected chi connectivity index (χ3v) is 4.74. The number of amides is 1. The summed E-state index contributed by atoms with van der Waals surface area (Å²) in [4.78, 5) is 23.9. The number of Topliss-reactive ketones (excluding diaryl/α,β-unsaturated/α-hetero) is 1. The van der Waals surface area contributed by atoms with Gasteiger partial charge in [0.1, 0.15) is 0 Å². The van der Waals surface area contributed by atoms with Gasteiger partial charge in [-0.25, -0.2) is 0 Å². The molecule has 0 radical (unpaired) electrons. The van der Waals surface area contributed by atoms with Crippen molar-refractivity contribution < 1.29 is 9.59 Å². The van der Waals surface area contributed by atoms with E-state index in [4.69, 9.17) is 11.6 Å². The summed E-state index contributed by atoms with van der Waals surface area (Å²) in [6.07, 6.45) is 0.303. The van der Waals surface area contributed by atoms with Crippen LogP contribution in [0.25, 0.3) is 0 Å². The zero-order valence-corrected chi connectivity index (χ0v) is 14.1. The van der Waals surface area contributed by atoms with Crippen molar-refractivity contribution in [3.8, 4) is 0 Å². The number of nitrogens with one attached hydrogen (secondary N) is 1. The van der Waals surface area contributed by atoms with Gasteiger partial charge in [-0.05, 0) is 47.5 Å². The van der Waals surface area contributed by atoms with Crippen molar-refractivity contribution in [3.05, 3.63) is 56.7 Å². The molecule has 0 unspecified atom stereocenters. The van der Waals surface area contributed by atoms with Crippen molar-refractivity contribution in [2.45, 2.75) is 26.2 Å². The number of thiophene rings is 1. The lowest BCUT2D eigenvalue weighted by molar-refractivity contribution is -0.120. The molecule has 2 rings (SSSR count). The summed E-state index contributed by atoms with van der Waals surface area (Å²) in [5, 5.41) is 5.50. The van der Waals surface area contributed by atoms with Crippen LogP contribution in [0.5, 0.6) is 0 Å². The molecule has 1 aromatic heterocycles. The molecule has 1 amide bonds. The maximum atomic E-state index is 12.0. The lowest BCUT2D eigenvalue weighted by atomic mass is 10.0. The fraction of sp³-hybridized carbons (Fsp3) is 0.294. The molecule has 5 heteroatoms. The van der Waals surface area contributed by atoms with Gasteiger partial charge in [0, 0.05) is 11.6 Å². The van der Waals surface area contributed by atoms with E-state index in [2.05, 4.69) is 12.2 Å². The summed E-state index contributed by atoms with van der Waals surface area (Å²) in [5.41, 5.74) is 2.02. The van der Waals surface area contributed by atoms with Gasteiger partial charge in [-0.3, -0.25) is 9.59 Å². The van der Waals surface area contributed by atoms with Gasteiger partial charge >= 0.3 is 0 Å². The van der Waals surface area contributed by atoms with Crippen molar-refractivity contribution in [3.63, 3.8) is 0 Å². The Hall–Kier alpha value is -1.65. The van der Waals surface area contributed by atoms with Crippen LogP contribution in [0.3, 0.4) is 0 Å². The molecule has 0 bridgehead atoms. The SMILES string of the molecule is CC(=O)c1cc(CC(=O)NC[C@H](C)c2ccc(Cl)cc2)cs1. The van der Waals surface area contributed by atoms with Crippen molar-refractivity contribution in [1.29, 1.82) is 0 Å². The summed E-state index contributed by atoms with van der Waals surface area (Å²) in [7, 11) is 0. The second-order valence-electron chi connectivity index (χ2n) is 5.31. The summed E-state index contributed by atoms with van der Waals surface area (Å²) in [6, 6.07) is 9.43. The lowest BCUT2D eigenvalue weighted by Gasteiger charge is -2.13. The number of carbonyl (C=O) groups excluding carboxylic acids is 2. The monoisotopic (exact) mass is 335 g/mol. The molecule has 0 saturated carbocycles. The predicted molar refractivity (Wildman–Crippen MR) is 90.9 cm³/mol. The minimum absolute atomic E-state index is 0.0336. The Balaban J connectivity index is 1.84. The van der Waals surface area contributed by atoms with Crippen LogP contribution in [0.4, 0.5) is 0 Å². The molecule has 2 aromatic rings. The molecule has 116 valence electrons. The van der Waals surface area contributed by atoms with Gasteiger partial charge in [0.25, 0.3) is 0 Å². The second-order valence-corrected chi connectivity index (χ2v) is 6.66. The van der Waals surface area contributed by atoms with E-state index in [1.54, 1.807) is 6.07 Å². The minimum Gasteiger partial charge on any atom is -0.355 e. The number of halogens is 1. The standard InChI is InChI=1S/C17H18ClNO2S/c1-11(14-3-5-15(18)6-4-14)9-19-17(21)8-13-7-16(12(2)20)22-10-13/h3-7,10-11H,8-9H2,1-2H3,(H,19,21)/t11-/m0/s1. The molecule has 0 aliphatic rings. The third-order valence-electron chi connectivity index (χ3n) is 3.41. The molecule has 1 aromatic carbocycles. The van der Waals surface area contributed by atoms with Crippen LogP contribution in [-0.4, -0.2) is 18.2 Å². The Bertz CT molecular complexity index is 664. The summed E-state index contributed by atoms with van der Waals surface area (Å²) in [6.45, 7) is 4.16. The molecule has 22 heavy (non-hydrogen) atoms. The average Bonchev–Trinajstić information content (AvgIpc) is 2.94. The van der Waals surface area contributed by atoms with Crippen LogP contribution in [0.1, 0.15) is 40.6 Å². The van der Waals surface area contributed by atoms with Gasteiger partial charge in [0.05, 0.1) is 11.3 Å². The van der Waals surface area contributed by atoms with Gasteiger partial charge in [-0.2, -0.15) is 0 Å². The molecule has 1 atom stereocenters. The number of hydrogen-bond acceptors (Lipinski definition) is 3. The molecule has 0 spiro atoms. The Morgan fingerprint density at radius 2 is 1.95 bits per heavy atom. The molecule has 1 heterocycles. The first kappa shape index (κ1) is 16.7. The van der Waals surface area contributed by atoms with Crippen LogP contribution in [0.2, 0.25) is 5.02 Å². The highest BCUT2D eigenvalue weighted by atomic mass is 35.5. The molecule has 1 N–H and O–H groups in total. The highest BCUT2D eigenvalue weighted by Gasteiger charge is 2.10. The molecular weight excluding hydrogens is 318 g/mol. The zero-order chi connectivity index (χ0) is 16.1. The largest absolute Gasteiger partial charge is 0.355 e. The first-order valence-corrected chi connectivity index (χ1v) is 8.32. The Morgan fingerprint density at radius 3 is 2.55 bits per heavy atom. The Labute approximate surface area is 139 Å². The number of rotatable bonds is 6. The van der Waals surface area contributed by atoms with E-state index >= 15 is 0 Å². The highest BCUT2D eigenvalue weighted by Crippen LogP contribution is 2.18. The third kappa shape index (κ3) is 4.68. The van der Waals surface area contributed by atoms with Crippen LogP contribution in [0.15, 0.2) is 35.7 Å². The van der Waals surface area contributed by atoms with Crippen LogP contribution in [0, 0.1) is 0 Å². The van der Waals surface area contributed by atoms with E-state index in [-0.39, 0.29) is 17.6 Å². The normalized spacial score (nSPS) is 12.0. The summed E-state index contributed by atoms with van der Waals surface area (Å²) < 4.78 is 0. The van der Waals surface area contributed by atoms with E-state index in [0.29, 0.717) is 22.9 Å². The topological polar surface area (TPSA) is 46.2 Å². The lowest BCUT2D eigenvalue weighted by Crippen LogP contribution is -2.28. The van der Waals surface area contributed by atoms with Gasteiger partial charge < -0.3 is 5.32 Å². The molecular formula is C17H18ClNO2S. The quantitative estimate of drug-likeness (QED) is 0.809. The van der Waals surface area contributed by atoms with Crippen molar-refractivity contribution in [2.24, 2.45) is 0 Å². The number of ketones is 1. The fourth-order valence-electron chi connectivity index (χ4n) is 2.08. The molecule has 3 nitrogen and oxygen atoms in total. The maximum Gasteiger partial charge on any atom is 0.224 e. The first-order chi connectivity index (χ1) is 10.5. The van der Waals surface area contributed by atoms with Gasteiger partial charge in [-0.1, -0.05) is 30.7 Å².